The van der Waals surface area contributed by atoms with Crippen LogP contribution in [-0.4, -0.2) is 33.4 Å². The molecule has 0 aliphatic carbocycles. The first-order valence-electron chi connectivity index (χ1n) is 8.89. The predicted molar refractivity (Wildman–Crippen MR) is 111 cm³/mol. The number of nitrogens with zero attached hydrogens (tertiary/aromatic N) is 2. The summed E-state index contributed by atoms with van der Waals surface area (Å²) in [5, 5.41) is 8.65. The SMILES string of the molecule is Cc1[nH]nc(Cl)c1NC(=O)c1cc(F)c(-c2cc(Cl)cc(N)n2)cc1O[C@@H](C)C(F)(F)F. The first kappa shape index (κ1) is 23.6. The van der Waals surface area contributed by atoms with E-state index in [9.17, 15) is 22.4 Å². The second kappa shape index (κ2) is 8.83. The molecule has 7 nitrogen and oxygen atoms in total. The Bertz CT molecular complexity index is 1140. The molecule has 1 amide bonds. The summed E-state index contributed by atoms with van der Waals surface area (Å²) in [7, 11) is 0. The molecule has 0 aliphatic heterocycles. The van der Waals surface area contributed by atoms with Crippen LogP contribution in [0.15, 0.2) is 24.3 Å². The number of hydrogen-bond acceptors (Lipinski definition) is 5. The summed E-state index contributed by atoms with van der Waals surface area (Å²) in [4.78, 5) is 16.7. The molecule has 3 rings (SSSR count). The van der Waals surface area contributed by atoms with Crippen molar-refractivity contribution >= 4 is 40.6 Å². The lowest BCUT2D eigenvalue weighted by molar-refractivity contribution is -0.189. The zero-order chi connectivity index (χ0) is 23.8. The van der Waals surface area contributed by atoms with E-state index in [1.807, 2.05) is 0 Å². The third-order valence-electron chi connectivity index (χ3n) is 4.31. The van der Waals surface area contributed by atoms with E-state index in [0.717, 1.165) is 19.1 Å². The van der Waals surface area contributed by atoms with Gasteiger partial charge in [-0.15, -0.1) is 0 Å². The molecule has 13 heteroatoms. The molecule has 0 radical (unpaired) electrons. The van der Waals surface area contributed by atoms with Gasteiger partial charge in [-0.05, 0) is 38.1 Å². The Labute approximate surface area is 188 Å². The van der Waals surface area contributed by atoms with E-state index in [0.29, 0.717) is 5.69 Å². The number of benzene rings is 1. The van der Waals surface area contributed by atoms with E-state index in [4.69, 9.17) is 33.7 Å². The first-order chi connectivity index (χ1) is 14.9. The monoisotopic (exact) mass is 491 g/mol. The fourth-order valence-electron chi connectivity index (χ4n) is 2.66. The molecule has 0 fully saturated rings. The average molecular weight is 492 g/mol. The number of nitrogens with two attached hydrogens (primary N) is 1. The molecular weight excluding hydrogens is 477 g/mol. The number of halogens is 6. The van der Waals surface area contributed by atoms with Crippen molar-refractivity contribution in [3.05, 3.63) is 51.5 Å². The molecule has 0 unspecified atom stereocenters. The highest BCUT2D eigenvalue weighted by Crippen LogP contribution is 2.35. The topological polar surface area (TPSA) is 106 Å². The van der Waals surface area contributed by atoms with Crippen molar-refractivity contribution < 1.29 is 27.1 Å². The van der Waals surface area contributed by atoms with Crippen LogP contribution in [0.3, 0.4) is 0 Å². The van der Waals surface area contributed by atoms with E-state index in [-0.39, 0.29) is 32.9 Å². The number of anilines is 2. The number of carbonyl (C=O) groups excluding carboxylic acids is 1. The Morgan fingerprint density at radius 3 is 2.50 bits per heavy atom. The zero-order valence-electron chi connectivity index (χ0n) is 16.4. The third-order valence-corrected chi connectivity index (χ3v) is 4.80. The summed E-state index contributed by atoms with van der Waals surface area (Å²) >= 11 is 11.8. The maximum atomic E-state index is 14.9. The number of nitrogen functional groups attached to an aromatic ring is 1. The highest BCUT2D eigenvalue weighted by Gasteiger charge is 2.39. The Hall–Kier alpha value is -3.05. The maximum absolute atomic E-state index is 14.9. The molecule has 0 saturated carbocycles. The van der Waals surface area contributed by atoms with Crippen LogP contribution < -0.4 is 15.8 Å². The van der Waals surface area contributed by atoms with Crippen LogP contribution in [0.5, 0.6) is 5.75 Å². The number of aromatic nitrogens is 3. The minimum absolute atomic E-state index is 0.0371. The molecule has 1 aromatic carbocycles. The quantitative estimate of drug-likeness (QED) is 0.415. The van der Waals surface area contributed by atoms with Crippen LogP contribution in [0.4, 0.5) is 29.1 Å². The number of carbonyl (C=O) groups is 1. The number of rotatable bonds is 5. The van der Waals surface area contributed by atoms with Gasteiger partial charge in [0.05, 0.1) is 17.0 Å². The highest BCUT2D eigenvalue weighted by molar-refractivity contribution is 6.33. The summed E-state index contributed by atoms with van der Waals surface area (Å²) in [6.07, 6.45) is -7.05. The first-order valence-corrected chi connectivity index (χ1v) is 9.64. The van der Waals surface area contributed by atoms with E-state index in [1.165, 1.54) is 12.1 Å². The van der Waals surface area contributed by atoms with E-state index in [1.54, 1.807) is 6.92 Å². The Balaban J connectivity index is 2.11. The molecule has 1 atom stereocenters. The van der Waals surface area contributed by atoms with Crippen molar-refractivity contribution in [3.63, 3.8) is 0 Å². The van der Waals surface area contributed by atoms with Gasteiger partial charge in [0.2, 0.25) is 0 Å². The summed E-state index contributed by atoms with van der Waals surface area (Å²) in [5.74, 6) is -2.51. The van der Waals surface area contributed by atoms with Gasteiger partial charge in [-0.2, -0.15) is 18.3 Å². The van der Waals surface area contributed by atoms with Gasteiger partial charge in [0.1, 0.15) is 23.1 Å². The fraction of sp³-hybridized carbons (Fsp3) is 0.211. The van der Waals surface area contributed by atoms with Gasteiger partial charge < -0.3 is 15.8 Å². The molecule has 3 aromatic rings. The normalized spacial score (nSPS) is 12.5. The van der Waals surface area contributed by atoms with Crippen LogP contribution in [0.1, 0.15) is 23.0 Å². The zero-order valence-corrected chi connectivity index (χ0v) is 18.0. The van der Waals surface area contributed by atoms with Crippen molar-refractivity contribution in [1.82, 2.24) is 15.2 Å². The lowest BCUT2D eigenvalue weighted by Gasteiger charge is -2.20. The van der Waals surface area contributed by atoms with Crippen LogP contribution in [0, 0.1) is 12.7 Å². The fourth-order valence-corrected chi connectivity index (χ4v) is 3.11. The van der Waals surface area contributed by atoms with Crippen LogP contribution >= 0.6 is 23.2 Å². The number of alkyl halides is 3. The molecule has 4 N–H and O–H groups in total. The van der Waals surface area contributed by atoms with Gasteiger partial charge in [0.15, 0.2) is 11.3 Å². The molecule has 0 bridgehead atoms. The number of pyridine rings is 1. The number of hydrogen-bond donors (Lipinski definition) is 3. The highest BCUT2D eigenvalue weighted by atomic mass is 35.5. The summed E-state index contributed by atoms with van der Waals surface area (Å²) < 4.78 is 59.2. The third kappa shape index (κ3) is 5.05. The second-order valence-electron chi connectivity index (χ2n) is 6.69. The number of nitrogens with one attached hydrogen (secondary N) is 2. The molecule has 170 valence electrons. The van der Waals surface area contributed by atoms with Gasteiger partial charge in [-0.3, -0.25) is 9.89 Å². The van der Waals surface area contributed by atoms with Gasteiger partial charge in [-0.1, -0.05) is 23.2 Å². The largest absolute Gasteiger partial charge is 0.480 e. The predicted octanol–water partition coefficient (Wildman–Crippen LogP) is 5.39. The molecule has 0 spiro atoms. The number of aromatic amines is 1. The molecular formula is C19H15Cl2F4N5O2. The lowest BCUT2D eigenvalue weighted by atomic mass is 10.0. The minimum Gasteiger partial charge on any atom is -0.480 e. The molecule has 0 saturated heterocycles. The van der Waals surface area contributed by atoms with Crippen molar-refractivity contribution in [2.24, 2.45) is 0 Å². The van der Waals surface area contributed by atoms with Crippen molar-refractivity contribution in [2.75, 3.05) is 11.1 Å². The van der Waals surface area contributed by atoms with Crippen molar-refractivity contribution in [2.45, 2.75) is 26.1 Å². The smallest absolute Gasteiger partial charge is 0.425 e. The lowest BCUT2D eigenvalue weighted by Crippen LogP contribution is -2.32. The molecule has 32 heavy (non-hydrogen) atoms. The van der Waals surface area contributed by atoms with Crippen molar-refractivity contribution in [1.29, 1.82) is 0 Å². The van der Waals surface area contributed by atoms with E-state index in [2.05, 4.69) is 20.5 Å². The maximum Gasteiger partial charge on any atom is 0.425 e. The van der Waals surface area contributed by atoms with Crippen LogP contribution in [0.2, 0.25) is 10.2 Å². The van der Waals surface area contributed by atoms with Gasteiger partial charge in [-0.25, -0.2) is 9.37 Å². The van der Waals surface area contributed by atoms with Crippen molar-refractivity contribution in [3.8, 4) is 17.0 Å². The average Bonchev–Trinajstić information content (AvgIpc) is 2.99. The van der Waals surface area contributed by atoms with Crippen LogP contribution in [-0.2, 0) is 0 Å². The van der Waals surface area contributed by atoms with Gasteiger partial charge >= 0.3 is 6.18 Å². The Morgan fingerprint density at radius 2 is 1.94 bits per heavy atom. The van der Waals surface area contributed by atoms with E-state index >= 15 is 0 Å². The number of ether oxygens (including phenoxy) is 1. The number of amides is 1. The Morgan fingerprint density at radius 1 is 1.25 bits per heavy atom. The minimum atomic E-state index is -4.74. The Kier molecular flexibility index (Phi) is 6.51. The summed E-state index contributed by atoms with van der Waals surface area (Å²) in [6.45, 7) is 2.30. The van der Waals surface area contributed by atoms with Gasteiger partial charge in [0.25, 0.3) is 5.91 Å². The summed E-state index contributed by atoms with van der Waals surface area (Å²) in [6, 6.07) is 4.23. The standard InChI is InChI=1S/C19H15Cl2F4N5O2/c1-7-16(17(21)30-29-7)28-18(31)11-5-12(22)10(13-3-9(20)4-15(26)27-13)6-14(11)32-8(2)19(23,24)25/h3-6,8H,1-2H3,(H2,26,27)(H,28,31)(H,29,30)/t8-/m0/s1. The number of H-pyrrole nitrogens is 1. The molecule has 2 aromatic heterocycles. The number of aryl methyl sites for hydroxylation is 1. The molecule has 0 aliphatic rings. The molecule has 2 heterocycles. The van der Waals surface area contributed by atoms with Crippen LogP contribution in [0.25, 0.3) is 11.3 Å². The second-order valence-corrected chi connectivity index (χ2v) is 7.49. The summed E-state index contributed by atoms with van der Waals surface area (Å²) in [5.41, 5.74) is 5.26. The van der Waals surface area contributed by atoms with E-state index < -0.39 is 35.3 Å². The van der Waals surface area contributed by atoms with Gasteiger partial charge in [0, 0.05) is 10.6 Å².